The summed E-state index contributed by atoms with van der Waals surface area (Å²) in [7, 11) is -6.51. The van der Waals surface area contributed by atoms with Crippen molar-refractivity contribution in [3.8, 4) is 5.75 Å². The van der Waals surface area contributed by atoms with Gasteiger partial charge in [-0.2, -0.15) is 30.4 Å². The molecular weight excluding hydrogens is 597 g/mol. The second-order valence-electron chi connectivity index (χ2n) is 4.15. The van der Waals surface area contributed by atoms with Crippen LogP contribution in [0.5, 0.6) is 5.75 Å². The molecule has 1 aromatic carbocycles. The molecule has 0 aromatic heterocycles. The summed E-state index contributed by atoms with van der Waals surface area (Å²) in [4.78, 5) is 11.7. The van der Waals surface area contributed by atoms with Gasteiger partial charge in [-0.1, -0.05) is 0 Å². The molecule has 0 bridgehead atoms. The Bertz CT molecular complexity index is 740. The number of phenolic OH excluding ortho intramolecular Hbond substituents is 1. The van der Waals surface area contributed by atoms with Crippen molar-refractivity contribution in [2.45, 2.75) is 17.5 Å². The SMILES string of the molecule is O=C(OC(C(F)(F)F)C(F)(F)S(=O)(=O)O)c1cc(I)c(O)c(I)c1. The molecule has 0 radical (unpaired) electrons. The molecule has 0 aliphatic rings. The fraction of sp³-hybridized carbons (Fsp3) is 0.300. The molecule has 136 valence electrons. The van der Waals surface area contributed by atoms with Crippen LogP contribution >= 0.6 is 45.2 Å². The van der Waals surface area contributed by atoms with Crippen molar-refractivity contribution in [2.24, 2.45) is 0 Å². The molecule has 0 amide bonds. The van der Waals surface area contributed by atoms with Gasteiger partial charge in [-0.3, -0.25) is 4.55 Å². The van der Waals surface area contributed by atoms with Gasteiger partial charge < -0.3 is 9.84 Å². The van der Waals surface area contributed by atoms with E-state index in [-0.39, 0.29) is 12.9 Å². The number of hydrogen-bond donors (Lipinski definition) is 2. The van der Waals surface area contributed by atoms with E-state index in [1.165, 1.54) is 45.2 Å². The number of esters is 1. The second-order valence-corrected chi connectivity index (χ2v) is 7.97. The van der Waals surface area contributed by atoms with Crippen LogP contribution in [0.4, 0.5) is 22.0 Å². The largest absolute Gasteiger partial charge is 0.506 e. The summed E-state index contributed by atoms with van der Waals surface area (Å²) in [5, 5.41) is 3.67. The molecule has 1 atom stereocenters. The van der Waals surface area contributed by atoms with E-state index in [4.69, 9.17) is 4.55 Å². The molecule has 2 N–H and O–H groups in total. The van der Waals surface area contributed by atoms with Gasteiger partial charge in [0.25, 0.3) is 6.10 Å². The lowest BCUT2D eigenvalue weighted by Gasteiger charge is -2.26. The predicted octanol–water partition coefficient (Wildman–Crippen LogP) is 3.17. The van der Waals surface area contributed by atoms with Crippen molar-refractivity contribution in [2.75, 3.05) is 0 Å². The van der Waals surface area contributed by atoms with E-state index in [2.05, 4.69) is 4.74 Å². The highest BCUT2D eigenvalue weighted by Crippen LogP contribution is 2.38. The van der Waals surface area contributed by atoms with Gasteiger partial charge in [0.05, 0.1) is 12.7 Å². The molecule has 1 unspecified atom stereocenters. The maximum absolute atomic E-state index is 13.3. The number of rotatable bonds is 4. The summed E-state index contributed by atoms with van der Waals surface area (Å²) in [5.74, 6) is -2.22. The van der Waals surface area contributed by atoms with E-state index in [1.807, 2.05) is 0 Å². The van der Waals surface area contributed by atoms with Gasteiger partial charge in [0.1, 0.15) is 5.75 Å². The summed E-state index contributed by atoms with van der Waals surface area (Å²) in [6, 6.07) is 1.69. The van der Waals surface area contributed by atoms with Crippen LogP contribution in [0.25, 0.3) is 0 Å². The quantitative estimate of drug-likeness (QED) is 0.238. The molecule has 0 aliphatic heterocycles. The Kier molecular flexibility index (Phi) is 6.31. The zero-order valence-electron chi connectivity index (χ0n) is 10.8. The number of ether oxygens (including phenoxy) is 1. The highest BCUT2D eigenvalue weighted by molar-refractivity contribution is 14.1. The minimum atomic E-state index is -6.51. The first-order valence-electron chi connectivity index (χ1n) is 5.39. The van der Waals surface area contributed by atoms with E-state index in [0.29, 0.717) is 0 Å². The Balaban J connectivity index is 3.29. The average Bonchev–Trinajstić information content (AvgIpc) is 2.38. The van der Waals surface area contributed by atoms with Gasteiger partial charge in [0, 0.05) is 0 Å². The van der Waals surface area contributed by atoms with Crippen LogP contribution in [-0.4, -0.2) is 41.6 Å². The van der Waals surface area contributed by atoms with Crippen LogP contribution < -0.4 is 0 Å². The topological polar surface area (TPSA) is 101 Å². The van der Waals surface area contributed by atoms with Gasteiger partial charge in [-0.15, -0.1) is 0 Å². The van der Waals surface area contributed by atoms with Crippen molar-refractivity contribution in [1.82, 2.24) is 0 Å². The summed E-state index contributed by atoms with van der Waals surface area (Å²) in [6.45, 7) is 0. The van der Waals surface area contributed by atoms with Gasteiger partial charge >= 0.3 is 27.5 Å². The van der Waals surface area contributed by atoms with Crippen molar-refractivity contribution < 1.29 is 49.6 Å². The molecule has 0 aliphatic carbocycles. The Morgan fingerprint density at radius 2 is 1.54 bits per heavy atom. The normalized spacial score (nSPS) is 14.3. The van der Waals surface area contributed by atoms with Gasteiger partial charge in [0.15, 0.2) is 0 Å². The minimum Gasteiger partial charge on any atom is -0.506 e. The Hall–Kier alpha value is -0.490. The molecule has 14 heteroatoms. The fourth-order valence-corrected chi connectivity index (χ4v) is 3.54. The molecule has 1 rings (SSSR count). The molecule has 0 spiro atoms. The predicted molar refractivity (Wildman–Crippen MR) is 85.3 cm³/mol. The molecule has 0 heterocycles. The summed E-state index contributed by atoms with van der Waals surface area (Å²) < 4.78 is 97.5. The first-order valence-corrected chi connectivity index (χ1v) is 8.99. The number of carbonyl (C=O) groups excluding carboxylic acids is 1. The molecule has 0 fully saturated rings. The van der Waals surface area contributed by atoms with Crippen LogP contribution in [0.1, 0.15) is 10.4 Å². The van der Waals surface area contributed by atoms with Gasteiger partial charge in [-0.25, -0.2) is 4.79 Å². The zero-order valence-corrected chi connectivity index (χ0v) is 15.9. The lowest BCUT2D eigenvalue weighted by Crippen LogP contribution is -2.52. The highest BCUT2D eigenvalue weighted by Gasteiger charge is 2.66. The maximum Gasteiger partial charge on any atom is 0.432 e. The van der Waals surface area contributed by atoms with E-state index in [0.717, 1.165) is 12.1 Å². The number of hydrogen-bond acceptors (Lipinski definition) is 5. The fourth-order valence-electron chi connectivity index (χ4n) is 1.32. The van der Waals surface area contributed by atoms with E-state index >= 15 is 0 Å². The van der Waals surface area contributed by atoms with Crippen LogP contribution in [0.3, 0.4) is 0 Å². The molecule has 1 aromatic rings. The lowest BCUT2D eigenvalue weighted by atomic mass is 10.2. The van der Waals surface area contributed by atoms with Crippen LogP contribution in [0.15, 0.2) is 12.1 Å². The smallest absolute Gasteiger partial charge is 0.432 e. The van der Waals surface area contributed by atoms with E-state index in [1.54, 1.807) is 0 Å². The van der Waals surface area contributed by atoms with Crippen molar-refractivity contribution in [1.29, 1.82) is 0 Å². The number of benzene rings is 1. The summed E-state index contributed by atoms with van der Waals surface area (Å²) in [5.41, 5.74) is -0.637. The Morgan fingerprint density at radius 3 is 1.88 bits per heavy atom. The third-order valence-electron chi connectivity index (χ3n) is 2.42. The van der Waals surface area contributed by atoms with Crippen molar-refractivity contribution in [3.63, 3.8) is 0 Å². The van der Waals surface area contributed by atoms with Crippen LogP contribution in [-0.2, 0) is 14.9 Å². The first-order chi connectivity index (χ1) is 10.6. The zero-order chi connectivity index (χ0) is 19.1. The van der Waals surface area contributed by atoms with Crippen molar-refractivity contribution >= 4 is 61.3 Å². The third kappa shape index (κ3) is 4.57. The Morgan fingerprint density at radius 1 is 1.12 bits per heavy atom. The van der Waals surface area contributed by atoms with Crippen molar-refractivity contribution in [3.05, 3.63) is 24.8 Å². The number of phenols is 1. The number of aromatic hydroxyl groups is 1. The van der Waals surface area contributed by atoms with Gasteiger partial charge in [-0.05, 0) is 57.3 Å². The number of halogens is 7. The average molecular weight is 602 g/mol. The van der Waals surface area contributed by atoms with E-state index in [9.17, 15) is 40.3 Å². The highest BCUT2D eigenvalue weighted by atomic mass is 127. The summed E-state index contributed by atoms with van der Waals surface area (Å²) in [6.07, 6.45) is -10.4. The Labute approximate surface area is 158 Å². The standard InChI is InChI=1S/C10H5F5I2O6S/c11-9(12,13)8(10(14,15)24(20,21)22)23-7(19)3-1-4(16)6(18)5(17)2-3/h1-2,8,18H,(H,20,21,22). The van der Waals surface area contributed by atoms with Gasteiger partial charge in [0.2, 0.25) is 0 Å². The molecule has 0 saturated heterocycles. The molecule has 0 saturated carbocycles. The minimum absolute atomic E-state index is 0.0107. The number of alkyl halides is 5. The van der Waals surface area contributed by atoms with E-state index < -0.39 is 39.2 Å². The molecule has 24 heavy (non-hydrogen) atoms. The maximum atomic E-state index is 13.3. The van der Waals surface area contributed by atoms with Crippen LogP contribution in [0.2, 0.25) is 0 Å². The third-order valence-corrected chi connectivity index (χ3v) is 4.97. The first kappa shape index (κ1) is 21.6. The monoisotopic (exact) mass is 602 g/mol. The molecule has 6 nitrogen and oxygen atoms in total. The number of carbonyl (C=O) groups is 1. The second kappa shape index (κ2) is 7.02. The summed E-state index contributed by atoms with van der Waals surface area (Å²) >= 11 is 3.04. The lowest BCUT2D eigenvalue weighted by molar-refractivity contribution is -0.248. The molecular formula is C10H5F5I2O6S. The van der Waals surface area contributed by atoms with Crippen LogP contribution in [0, 0.1) is 7.14 Å².